The van der Waals surface area contributed by atoms with Gasteiger partial charge in [-0.2, -0.15) is 4.31 Å². The van der Waals surface area contributed by atoms with Crippen molar-refractivity contribution in [2.24, 2.45) is 0 Å². The van der Waals surface area contributed by atoms with E-state index in [1.165, 1.54) is 0 Å². The fourth-order valence-electron chi connectivity index (χ4n) is 4.24. The lowest BCUT2D eigenvalue weighted by Gasteiger charge is -2.37. The van der Waals surface area contributed by atoms with Crippen molar-refractivity contribution in [2.75, 3.05) is 27.9 Å². The van der Waals surface area contributed by atoms with E-state index < -0.39 is 16.1 Å². The molecule has 1 unspecified atom stereocenters. The predicted molar refractivity (Wildman–Crippen MR) is 123 cm³/mol. The minimum Gasteiger partial charge on any atom is -0.496 e. The van der Waals surface area contributed by atoms with Crippen molar-refractivity contribution in [1.82, 2.24) is 4.31 Å². The van der Waals surface area contributed by atoms with E-state index in [9.17, 15) is 8.42 Å². The van der Waals surface area contributed by atoms with Crippen LogP contribution in [0.1, 0.15) is 28.3 Å². The average molecular weight is 454 g/mol. The summed E-state index contributed by atoms with van der Waals surface area (Å²) in [4.78, 5) is 0.270. The van der Waals surface area contributed by atoms with Crippen molar-refractivity contribution in [3.63, 3.8) is 0 Å². The van der Waals surface area contributed by atoms with Gasteiger partial charge in [-0.3, -0.25) is 0 Å². The van der Waals surface area contributed by atoms with Gasteiger partial charge >= 0.3 is 0 Å². The third-order valence-corrected chi connectivity index (χ3v) is 7.77. The van der Waals surface area contributed by atoms with Gasteiger partial charge in [0.15, 0.2) is 11.5 Å². The summed E-state index contributed by atoms with van der Waals surface area (Å²) in [5.41, 5.74) is 3.66. The van der Waals surface area contributed by atoms with Crippen molar-refractivity contribution < 1.29 is 22.6 Å². The average Bonchev–Trinajstić information content (AvgIpc) is 2.82. The number of rotatable bonds is 6. The van der Waals surface area contributed by atoms with Gasteiger partial charge in [0.1, 0.15) is 5.75 Å². The minimum atomic E-state index is -3.77. The van der Waals surface area contributed by atoms with Crippen LogP contribution in [0.15, 0.2) is 65.6 Å². The van der Waals surface area contributed by atoms with Crippen molar-refractivity contribution >= 4 is 10.0 Å². The molecule has 0 spiro atoms. The smallest absolute Gasteiger partial charge is 0.243 e. The van der Waals surface area contributed by atoms with Gasteiger partial charge in [-0.05, 0) is 54.8 Å². The first-order valence-corrected chi connectivity index (χ1v) is 11.8. The predicted octanol–water partition coefficient (Wildman–Crippen LogP) is 4.36. The Labute approximate surface area is 189 Å². The fourth-order valence-corrected chi connectivity index (χ4v) is 5.83. The Morgan fingerprint density at radius 1 is 0.812 bits per heavy atom. The molecule has 1 atom stereocenters. The number of fused-ring (bicyclic) bond motifs is 1. The molecule has 7 heteroatoms. The monoisotopic (exact) mass is 453 g/mol. The lowest BCUT2D eigenvalue weighted by molar-refractivity contribution is 0.323. The zero-order valence-electron chi connectivity index (χ0n) is 18.7. The highest BCUT2D eigenvalue weighted by atomic mass is 32.2. The number of para-hydroxylation sites is 1. The maximum atomic E-state index is 13.8. The first-order valence-electron chi connectivity index (χ1n) is 10.4. The van der Waals surface area contributed by atoms with Gasteiger partial charge in [-0.1, -0.05) is 35.9 Å². The Bertz CT molecular complexity index is 1220. The van der Waals surface area contributed by atoms with Gasteiger partial charge in [0.05, 0.1) is 32.3 Å². The number of hydrogen-bond donors (Lipinski definition) is 0. The highest BCUT2D eigenvalue weighted by molar-refractivity contribution is 7.89. The second-order valence-corrected chi connectivity index (χ2v) is 9.62. The number of ether oxygens (including phenoxy) is 3. The van der Waals surface area contributed by atoms with Crippen LogP contribution in [0.3, 0.4) is 0 Å². The lowest BCUT2D eigenvalue weighted by atomic mass is 9.89. The van der Waals surface area contributed by atoms with Gasteiger partial charge in [0.2, 0.25) is 10.0 Å². The van der Waals surface area contributed by atoms with E-state index in [0.717, 1.165) is 22.3 Å². The summed E-state index contributed by atoms with van der Waals surface area (Å²) in [5.74, 6) is 1.81. The summed E-state index contributed by atoms with van der Waals surface area (Å²) in [6, 6.07) is 17.7. The maximum absolute atomic E-state index is 13.8. The van der Waals surface area contributed by atoms with Gasteiger partial charge in [-0.25, -0.2) is 8.42 Å². The number of hydrogen-bond acceptors (Lipinski definition) is 5. The van der Waals surface area contributed by atoms with Gasteiger partial charge in [-0.15, -0.1) is 0 Å². The second kappa shape index (κ2) is 8.84. The standard InChI is InChI=1S/C25H27NO5S/c1-17-9-11-19(12-10-17)32(27,28)26-14-13-18-15-23(30-3)24(31-4)16-21(18)25(26)20-7-5-6-8-22(20)29-2/h5-12,15-16,25H,13-14H2,1-4H3. The number of sulfonamides is 1. The third kappa shape index (κ3) is 3.82. The van der Waals surface area contributed by atoms with Crippen LogP contribution in [0.2, 0.25) is 0 Å². The molecule has 1 aliphatic heterocycles. The molecule has 0 aromatic heterocycles. The fraction of sp³-hybridized carbons (Fsp3) is 0.280. The van der Waals surface area contributed by atoms with Crippen LogP contribution < -0.4 is 14.2 Å². The van der Waals surface area contributed by atoms with E-state index >= 15 is 0 Å². The number of aryl methyl sites for hydroxylation is 1. The summed E-state index contributed by atoms with van der Waals surface area (Å²) in [5, 5.41) is 0. The van der Waals surface area contributed by atoms with E-state index in [-0.39, 0.29) is 4.90 Å². The molecule has 168 valence electrons. The molecule has 4 rings (SSSR count). The normalized spacial score (nSPS) is 16.3. The molecule has 0 fully saturated rings. The Kier molecular flexibility index (Phi) is 6.13. The Balaban J connectivity index is 1.94. The molecule has 0 aliphatic carbocycles. The van der Waals surface area contributed by atoms with E-state index in [0.29, 0.717) is 30.2 Å². The SMILES string of the molecule is COc1cc2c(cc1OC)C(c1ccccc1OC)N(S(=O)(=O)c1ccc(C)cc1)CC2. The molecule has 0 saturated heterocycles. The molecule has 3 aromatic carbocycles. The molecule has 1 aliphatic rings. The molecule has 3 aromatic rings. The molecule has 0 amide bonds. The molecule has 6 nitrogen and oxygen atoms in total. The first kappa shape index (κ1) is 22.2. The van der Waals surface area contributed by atoms with Crippen LogP contribution in [0, 0.1) is 6.92 Å². The van der Waals surface area contributed by atoms with Crippen LogP contribution in [-0.2, 0) is 16.4 Å². The van der Waals surface area contributed by atoms with E-state index in [4.69, 9.17) is 14.2 Å². The number of methoxy groups -OCH3 is 3. The highest BCUT2D eigenvalue weighted by Gasteiger charge is 2.39. The van der Waals surface area contributed by atoms with Gasteiger partial charge < -0.3 is 14.2 Å². The molecular weight excluding hydrogens is 426 g/mol. The first-order chi connectivity index (χ1) is 15.4. The molecule has 1 heterocycles. The molecular formula is C25H27NO5S. The summed E-state index contributed by atoms with van der Waals surface area (Å²) >= 11 is 0. The Morgan fingerprint density at radius 3 is 2.09 bits per heavy atom. The third-order valence-electron chi connectivity index (χ3n) is 5.89. The Morgan fingerprint density at radius 2 is 1.44 bits per heavy atom. The van der Waals surface area contributed by atoms with Gasteiger partial charge in [0.25, 0.3) is 0 Å². The maximum Gasteiger partial charge on any atom is 0.243 e. The molecule has 0 N–H and O–H groups in total. The van der Waals surface area contributed by atoms with E-state index in [1.807, 2.05) is 55.5 Å². The minimum absolute atomic E-state index is 0.270. The van der Waals surface area contributed by atoms with Crippen molar-refractivity contribution in [3.05, 3.63) is 82.9 Å². The van der Waals surface area contributed by atoms with Crippen molar-refractivity contribution in [1.29, 1.82) is 0 Å². The van der Waals surface area contributed by atoms with E-state index in [2.05, 4.69) is 0 Å². The zero-order chi connectivity index (χ0) is 22.9. The van der Waals surface area contributed by atoms with Crippen LogP contribution in [0.4, 0.5) is 0 Å². The van der Waals surface area contributed by atoms with E-state index in [1.54, 1.807) is 37.8 Å². The van der Waals surface area contributed by atoms with Crippen LogP contribution in [0.5, 0.6) is 17.2 Å². The van der Waals surface area contributed by atoms with Crippen LogP contribution >= 0.6 is 0 Å². The number of benzene rings is 3. The second-order valence-electron chi connectivity index (χ2n) is 7.73. The summed E-state index contributed by atoms with van der Waals surface area (Å²) in [6.07, 6.45) is 0.562. The van der Waals surface area contributed by atoms with Crippen molar-refractivity contribution in [2.45, 2.75) is 24.3 Å². The van der Waals surface area contributed by atoms with Crippen LogP contribution in [0.25, 0.3) is 0 Å². The quantitative estimate of drug-likeness (QED) is 0.555. The highest BCUT2D eigenvalue weighted by Crippen LogP contribution is 2.45. The summed E-state index contributed by atoms with van der Waals surface area (Å²) < 4.78 is 45.8. The molecule has 0 radical (unpaired) electrons. The molecule has 0 saturated carbocycles. The summed E-state index contributed by atoms with van der Waals surface area (Å²) in [7, 11) is 0.991. The lowest BCUT2D eigenvalue weighted by Crippen LogP contribution is -2.40. The largest absolute Gasteiger partial charge is 0.496 e. The van der Waals surface area contributed by atoms with Crippen LogP contribution in [-0.4, -0.2) is 40.6 Å². The molecule has 32 heavy (non-hydrogen) atoms. The van der Waals surface area contributed by atoms with Gasteiger partial charge in [0, 0.05) is 12.1 Å². The molecule has 0 bridgehead atoms. The Hall–Kier alpha value is -3.03. The topological polar surface area (TPSA) is 65.1 Å². The van der Waals surface area contributed by atoms with Crippen molar-refractivity contribution in [3.8, 4) is 17.2 Å². The summed E-state index contributed by atoms with van der Waals surface area (Å²) in [6.45, 7) is 2.27. The zero-order valence-corrected chi connectivity index (χ0v) is 19.5. The number of nitrogens with zero attached hydrogens (tertiary/aromatic N) is 1.